The van der Waals surface area contributed by atoms with Crippen LogP contribution in [0.1, 0.15) is 35.6 Å². The number of nitrogens with zero attached hydrogens (tertiary/aromatic N) is 2. The maximum atomic E-state index is 2.72. The van der Waals surface area contributed by atoms with Gasteiger partial charge in [-0.3, -0.25) is 9.80 Å². The van der Waals surface area contributed by atoms with Gasteiger partial charge >= 0.3 is 0 Å². The van der Waals surface area contributed by atoms with Crippen molar-refractivity contribution in [3.05, 3.63) is 71.3 Å². The van der Waals surface area contributed by atoms with Gasteiger partial charge in [0.05, 0.1) is 6.04 Å². The maximum Gasteiger partial charge on any atom is 0.0509 e. The average molecular weight is 306 g/mol. The molecule has 2 aromatic rings. The van der Waals surface area contributed by atoms with E-state index in [9.17, 15) is 0 Å². The summed E-state index contributed by atoms with van der Waals surface area (Å²) in [5, 5.41) is 0. The van der Waals surface area contributed by atoms with Gasteiger partial charge in [0.1, 0.15) is 0 Å². The maximum absolute atomic E-state index is 2.72. The van der Waals surface area contributed by atoms with E-state index < -0.39 is 0 Å². The minimum atomic E-state index is 0.572. The molecule has 2 aromatic carbocycles. The van der Waals surface area contributed by atoms with Crippen LogP contribution >= 0.6 is 0 Å². The van der Waals surface area contributed by atoms with Crippen LogP contribution in [0.2, 0.25) is 0 Å². The molecule has 1 fully saturated rings. The largest absolute Gasteiger partial charge is 0.297 e. The fourth-order valence-corrected chi connectivity index (χ4v) is 4.40. The number of rotatable bonds is 4. The second-order valence-electron chi connectivity index (χ2n) is 7.06. The Morgan fingerprint density at radius 1 is 0.957 bits per heavy atom. The molecular formula is C21H26N2. The summed E-state index contributed by atoms with van der Waals surface area (Å²) in [4.78, 5) is 5.29. The first-order valence-electron chi connectivity index (χ1n) is 8.89. The van der Waals surface area contributed by atoms with E-state index in [1.54, 1.807) is 11.1 Å². The zero-order valence-corrected chi connectivity index (χ0v) is 14.0. The van der Waals surface area contributed by atoms with Crippen LogP contribution in [0.5, 0.6) is 0 Å². The first kappa shape index (κ1) is 14.9. The van der Waals surface area contributed by atoms with E-state index in [0.29, 0.717) is 12.1 Å². The van der Waals surface area contributed by atoms with Gasteiger partial charge in [-0.05, 0) is 56.1 Å². The van der Waals surface area contributed by atoms with Crippen molar-refractivity contribution >= 4 is 0 Å². The molecule has 2 nitrogen and oxygen atoms in total. The summed E-state index contributed by atoms with van der Waals surface area (Å²) in [5.41, 5.74) is 4.53. The molecule has 0 spiro atoms. The van der Waals surface area contributed by atoms with E-state index in [4.69, 9.17) is 0 Å². The molecule has 1 heterocycles. The van der Waals surface area contributed by atoms with Crippen LogP contribution in [-0.4, -0.2) is 36.0 Å². The van der Waals surface area contributed by atoms with E-state index in [1.165, 1.54) is 37.9 Å². The second-order valence-corrected chi connectivity index (χ2v) is 7.06. The third-order valence-electron chi connectivity index (χ3n) is 5.54. The number of benzene rings is 2. The summed E-state index contributed by atoms with van der Waals surface area (Å²) < 4.78 is 0. The number of likely N-dealkylation sites (N-methyl/N-ethyl adjacent to an activating group) is 1. The van der Waals surface area contributed by atoms with Crippen LogP contribution in [0.15, 0.2) is 54.6 Å². The lowest BCUT2D eigenvalue weighted by atomic mass is 10.0. The Morgan fingerprint density at radius 2 is 1.65 bits per heavy atom. The minimum Gasteiger partial charge on any atom is -0.297 e. The smallest absolute Gasteiger partial charge is 0.0509 e. The Balaban J connectivity index is 1.59. The van der Waals surface area contributed by atoms with Crippen LogP contribution in [0.4, 0.5) is 0 Å². The van der Waals surface area contributed by atoms with Gasteiger partial charge in [-0.2, -0.15) is 0 Å². The zero-order valence-electron chi connectivity index (χ0n) is 14.0. The molecule has 4 rings (SSSR count). The van der Waals surface area contributed by atoms with Crippen molar-refractivity contribution < 1.29 is 0 Å². The van der Waals surface area contributed by atoms with Gasteiger partial charge in [0, 0.05) is 12.6 Å². The molecule has 1 saturated heterocycles. The molecule has 0 radical (unpaired) electrons. The van der Waals surface area contributed by atoms with E-state index in [-0.39, 0.29) is 0 Å². The Morgan fingerprint density at radius 3 is 2.43 bits per heavy atom. The lowest BCUT2D eigenvalue weighted by Crippen LogP contribution is -2.41. The van der Waals surface area contributed by atoms with Crippen LogP contribution in [-0.2, 0) is 13.0 Å². The Bertz CT molecular complexity index is 646. The molecule has 0 N–H and O–H groups in total. The highest BCUT2D eigenvalue weighted by Crippen LogP contribution is 2.40. The second kappa shape index (κ2) is 6.46. The molecule has 1 aliphatic carbocycles. The average Bonchev–Trinajstić information content (AvgIpc) is 3.22. The van der Waals surface area contributed by atoms with Gasteiger partial charge < -0.3 is 0 Å². The standard InChI is InChI=1S/C21H26N2/c1-22(16-17-9-3-2-4-10-17)20-15-18-11-5-6-12-19(18)21(20)23-13-7-8-14-23/h2-6,9-12,20-21H,7-8,13-16H2,1H3/t20-,21-/m1/s1. The molecule has 0 aromatic heterocycles. The van der Waals surface area contributed by atoms with E-state index >= 15 is 0 Å². The van der Waals surface area contributed by atoms with E-state index in [0.717, 1.165) is 6.54 Å². The van der Waals surface area contributed by atoms with E-state index in [1.807, 2.05) is 0 Å². The van der Waals surface area contributed by atoms with Crippen LogP contribution < -0.4 is 0 Å². The molecule has 2 heteroatoms. The van der Waals surface area contributed by atoms with Gasteiger partial charge in [0.2, 0.25) is 0 Å². The highest BCUT2D eigenvalue weighted by molar-refractivity contribution is 5.37. The van der Waals surface area contributed by atoms with Crippen molar-refractivity contribution in [1.82, 2.24) is 9.80 Å². The minimum absolute atomic E-state index is 0.572. The summed E-state index contributed by atoms with van der Waals surface area (Å²) in [6.07, 6.45) is 3.89. The highest BCUT2D eigenvalue weighted by atomic mass is 15.2. The fraction of sp³-hybridized carbons (Fsp3) is 0.429. The first-order chi connectivity index (χ1) is 11.3. The number of fused-ring (bicyclic) bond motifs is 1. The molecule has 1 aliphatic heterocycles. The van der Waals surface area contributed by atoms with Gasteiger partial charge in [0.15, 0.2) is 0 Å². The number of hydrogen-bond donors (Lipinski definition) is 0. The lowest BCUT2D eigenvalue weighted by Gasteiger charge is -2.35. The SMILES string of the molecule is CN(Cc1ccccc1)[C@@H]1Cc2ccccc2[C@H]1N1CCCC1. The summed E-state index contributed by atoms with van der Waals surface area (Å²) in [6, 6.07) is 21.1. The Kier molecular flexibility index (Phi) is 4.19. The Labute approximate surface area is 139 Å². The quantitative estimate of drug-likeness (QED) is 0.846. The molecule has 120 valence electrons. The topological polar surface area (TPSA) is 6.48 Å². The lowest BCUT2D eigenvalue weighted by molar-refractivity contribution is 0.119. The van der Waals surface area contributed by atoms with Gasteiger partial charge in [-0.25, -0.2) is 0 Å². The zero-order chi connectivity index (χ0) is 15.6. The molecule has 2 aliphatic rings. The van der Waals surface area contributed by atoms with Gasteiger partial charge in [-0.1, -0.05) is 54.6 Å². The van der Waals surface area contributed by atoms with Crippen molar-refractivity contribution in [1.29, 1.82) is 0 Å². The number of likely N-dealkylation sites (tertiary alicyclic amines) is 1. The molecular weight excluding hydrogens is 280 g/mol. The fourth-order valence-electron chi connectivity index (χ4n) is 4.40. The van der Waals surface area contributed by atoms with Crippen molar-refractivity contribution in [2.45, 2.75) is 37.9 Å². The summed E-state index contributed by atoms with van der Waals surface area (Å²) in [5.74, 6) is 0. The number of hydrogen-bond acceptors (Lipinski definition) is 2. The van der Waals surface area contributed by atoms with Crippen molar-refractivity contribution in [3.8, 4) is 0 Å². The van der Waals surface area contributed by atoms with Crippen LogP contribution in [0.3, 0.4) is 0 Å². The van der Waals surface area contributed by atoms with Crippen LogP contribution in [0.25, 0.3) is 0 Å². The van der Waals surface area contributed by atoms with Gasteiger partial charge in [-0.15, -0.1) is 0 Å². The first-order valence-corrected chi connectivity index (χ1v) is 8.89. The molecule has 2 atom stereocenters. The van der Waals surface area contributed by atoms with Crippen molar-refractivity contribution in [2.75, 3.05) is 20.1 Å². The summed E-state index contributed by atoms with van der Waals surface area (Å²) >= 11 is 0. The third-order valence-corrected chi connectivity index (χ3v) is 5.54. The molecule has 0 unspecified atom stereocenters. The predicted octanol–water partition coefficient (Wildman–Crippen LogP) is 3.88. The van der Waals surface area contributed by atoms with E-state index in [2.05, 4.69) is 71.4 Å². The predicted molar refractivity (Wildman–Crippen MR) is 95.4 cm³/mol. The summed E-state index contributed by atoms with van der Waals surface area (Å²) in [7, 11) is 2.30. The monoisotopic (exact) mass is 306 g/mol. The van der Waals surface area contributed by atoms with Crippen molar-refractivity contribution in [2.24, 2.45) is 0 Å². The van der Waals surface area contributed by atoms with Crippen molar-refractivity contribution in [3.63, 3.8) is 0 Å². The normalized spacial score (nSPS) is 24.3. The Hall–Kier alpha value is -1.64. The molecule has 0 bridgehead atoms. The molecule has 23 heavy (non-hydrogen) atoms. The van der Waals surface area contributed by atoms with Crippen LogP contribution in [0, 0.1) is 0 Å². The molecule has 0 amide bonds. The highest BCUT2D eigenvalue weighted by Gasteiger charge is 2.39. The molecule has 0 saturated carbocycles. The third kappa shape index (κ3) is 2.93. The van der Waals surface area contributed by atoms with Gasteiger partial charge in [0.25, 0.3) is 0 Å². The summed E-state index contributed by atoms with van der Waals surface area (Å²) in [6.45, 7) is 3.55.